The quantitative estimate of drug-likeness (QED) is 0.850. The molecule has 1 heterocycles. The van der Waals surface area contributed by atoms with Gasteiger partial charge in [0, 0.05) is 5.39 Å². The number of hydrogen-bond donors (Lipinski definition) is 1. The zero-order valence-corrected chi connectivity index (χ0v) is 9.57. The molecule has 1 unspecified atom stereocenters. The van der Waals surface area contributed by atoms with Crippen LogP contribution in [0.25, 0.3) is 11.0 Å². The molecule has 0 bridgehead atoms. The van der Waals surface area contributed by atoms with Crippen LogP contribution in [-0.4, -0.2) is 0 Å². The molecule has 0 aliphatic heterocycles. The van der Waals surface area contributed by atoms with Gasteiger partial charge in [-0.15, -0.1) is 0 Å². The van der Waals surface area contributed by atoms with Gasteiger partial charge in [0.25, 0.3) is 0 Å². The Bertz CT molecular complexity index is 510. The van der Waals surface area contributed by atoms with Gasteiger partial charge in [-0.25, -0.2) is 0 Å². The minimum atomic E-state index is 0.0696. The molecule has 84 valence electrons. The maximum Gasteiger partial charge on any atom is 0.134 e. The fraction of sp³-hybridized carbons (Fsp3) is 0.429. The standard InChI is InChI=1S/C14H17NO/c1-9-2-5-11-8-14(16-13(11)6-9)12(15)7-10-3-4-10/h2,5-6,8,10,12H,3-4,7,15H2,1H3. The van der Waals surface area contributed by atoms with Gasteiger partial charge in [-0.05, 0) is 37.0 Å². The van der Waals surface area contributed by atoms with Crippen molar-refractivity contribution in [3.8, 4) is 0 Å². The molecule has 1 fully saturated rings. The van der Waals surface area contributed by atoms with Crippen LogP contribution in [0.15, 0.2) is 28.7 Å². The Morgan fingerprint density at radius 2 is 2.19 bits per heavy atom. The predicted octanol–water partition coefficient (Wildman–Crippen LogP) is 3.54. The molecule has 0 spiro atoms. The first kappa shape index (κ1) is 9.91. The molecule has 16 heavy (non-hydrogen) atoms. The average molecular weight is 215 g/mol. The second-order valence-electron chi connectivity index (χ2n) is 4.98. The number of rotatable bonds is 3. The van der Waals surface area contributed by atoms with Crippen LogP contribution in [0.4, 0.5) is 0 Å². The molecule has 0 amide bonds. The molecule has 1 aliphatic carbocycles. The van der Waals surface area contributed by atoms with E-state index in [0.29, 0.717) is 0 Å². The van der Waals surface area contributed by atoms with E-state index >= 15 is 0 Å². The number of benzene rings is 1. The summed E-state index contributed by atoms with van der Waals surface area (Å²) in [4.78, 5) is 0. The molecular weight excluding hydrogens is 198 g/mol. The molecule has 2 nitrogen and oxygen atoms in total. The Morgan fingerprint density at radius 3 is 2.94 bits per heavy atom. The third-order valence-electron chi connectivity index (χ3n) is 3.34. The molecular formula is C14H17NO. The molecule has 2 N–H and O–H groups in total. The van der Waals surface area contributed by atoms with E-state index in [9.17, 15) is 0 Å². The summed E-state index contributed by atoms with van der Waals surface area (Å²) in [5, 5.41) is 1.16. The Labute approximate surface area is 95.4 Å². The van der Waals surface area contributed by atoms with Crippen molar-refractivity contribution in [2.75, 3.05) is 0 Å². The highest BCUT2D eigenvalue weighted by Gasteiger charge is 2.25. The minimum Gasteiger partial charge on any atom is -0.459 e. The molecule has 1 aromatic carbocycles. The first-order valence-electron chi connectivity index (χ1n) is 5.98. The number of aryl methyl sites for hydroxylation is 1. The topological polar surface area (TPSA) is 39.2 Å². The van der Waals surface area contributed by atoms with Crippen molar-refractivity contribution in [1.82, 2.24) is 0 Å². The van der Waals surface area contributed by atoms with Gasteiger partial charge in [-0.1, -0.05) is 25.0 Å². The highest BCUT2D eigenvalue weighted by Crippen LogP contribution is 2.37. The van der Waals surface area contributed by atoms with E-state index in [0.717, 1.165) is 29.1 Å². The van der Waals surface area contributed by atoms with Gasteiger partial charge in [0.05, 0.1) is 6.04 Å². The first-order chi connectivity index (χ1) is 7.72. The maximum atomic E-state index is 6.14. The number of nitrogens with two attached hydrogens (primary N) is 1. The van der Waals surface area contributed by atoms with Gasteiger partial charge in [-0.2, -0.15) is 0 Å². The van der Waals surface area contributed by atoms with Gasteiger partial charge in [-0.3, -0.25) is 0 Å². The van der Waals surface area contributed by atoms with E-state index in [1.807, 2.05) is 0 Å². The molecule has 1 aliphatic rings. The van der Waals surface area contributed by atoms with Gasteiger partial charge in [0.15, 0.2) is 0 Å². The second-order valence-corrected chi connectivity index (χ2v) is 4.98. The van der Waals surface area contributed by atoms with Crippen molar-refractivity contribution in [2.45, 2.75) is 32.2 Å². The zero-order chi connectivity index (χ0) is 11.1. The van der Waals surface area contributed by atoms with Crippen molar-refractivity contribution in [2.24, 2.45) is 11.7 Å². The average Bonchev–Trinajstić information content (AvgIpc) is 2.95. The molecule has 2 heteroatoms. The molecule has 0 saturated heterocycles. The van der Waals surface area contributed by atoms with Gasteiger partial charge in [0.1, 0.15) is 11.3 Å². The Morgan fingerprint density at radius 1 is 1.38 bits per heavy atom. The third-order valence-corrected chi connectivity index (χ3v) is 3.34. The summed E-state index contributed by atoms with van der Waals surface area (Å²) in [6.07, 6.45) is 3.75. The smallest absolute Gasteiger partial charge is 0.134 e. The lowest BCUT2D eigenvalue weighted by Crippen LogP contribution is -2.09. The maximum absolute atomic E-state index is 6.14. The van der Waals surface area contributed by atoms with Crippen molar-refractivity contribution in [1.29, 1.82) is 0 Å². The van der Waals surface area contributed by atoms with Gasteiger partial charge >= 0.3 is 0 Å². The lowest BCUT2D eigenvalue weighted by atomic mass is 10.1. The van der Waals surface area contributed by atoms with E-state index in [1.165, 1.54) is 18.4 Å². The predicted molar refractivity (Wildman–Crippen MR) is 65.2 cm³/mol. The van der Waals surface area contributed by atoms with Crippen LogP contribution in [0.1, 0.15) is 36.6 Å². The second kappa shape index (κ2) is 3.63. The molecule has 2 aromatic rings. The van der Waals surface area contributed by atoms with Crippen molar-refractivity contribution in [3.05, 3.63) is 35.6 Å². The minimum absolute atomic E-state index is 0.0696. The molecule has 1 aromatic heterocycles. The SMILES string of the molecule is Cc1ccc2cc(C(N)CC3CC3)oc2c1. The number of fused-ring (bicyclic) bond motifs is 1. The van der Waals surface area contributed by atoms with Crippen LogP contribution in [0.2, 0.25) is 0 Å². The van der Waals surface area contributed by atoms with Gasteiger partial charge < -0.3 is 10.2 Å². The normalized spacial score (nSPS) is 17.9. The summed E-state index contributed by atoms with van der Waals surface area (Å²) < 4.78 is 5.81. The van der Waals surface area contributed by atoms with E-state index in [-0.39, 0.29) is 6.04 Å². The third kappa shape index (κ3) is 1.85. The van der Waals surface area contributed by atoms with E-state index in [1.54, 1.807) is 0 Å². The summed E-state index contributed by atoms with van der Waals surface area (Å²) in [5.74, 6) is 1.78. The molecule has 0 radical (unpaired) electrons. The Kier molecular flexibility index (Phi) is 2.25. The van der Waals surface area contributed by atoms with Crippen molar-refractivity contribution in [3.63, 3.8) is 0 Å². The zero-order valence-electron chi connectivity index (χ0n) is 9.57. The van der Waals surface area contributed by atoms with Crippen molar-refractivity contribution < 1.29 is 4.42 Å². The highest BCUT2D eigenvalue weighted by atomic mass is 16.3. The lowest BCUT2D eigenvalue weighted by Gasteiger charge is -2.06. The first-order valence-corrected chi connectivity index (χ1v) is 5.98. The number of hydrogen-bond acceptors (Lipinski definition) is 2. The van der Waals surface area contributed by atoms with E-state index in [2.05, 4.69) is 31.2 Å². The molecule has 1 saturated carbocycles. The lowest BCUT2D eigenvalue weighted by molar-refractivity contribution is 0.463. The number of furan rings is 1. The summed E-state index contributed by atoms with van der Waals surface area (Å²) in [5.41, 5.74) is 8.33. The Hall–Kier alpha value is -1.28. The van der Waals surface area contributed by atoms with Crippen LogP contribution >= 0.6 is 0 Å². The van der Waals surface area contributed by atoms with Crippen LogP contribution < -0.4 is 5.73 Å². The Balaban J connectivity index is 1.91. The largest absolute Gasteiger partial charge is 0.459 e. The van der Waals surface area contributed by atoms with E-state index in [4.69, 9.17) is 10.2 Å². The van der Waals surface area contributed by atoms with Crippen LogP contribution in [-0.2, 0) is 0 Å². The fourth-order valence-corrected chi connectivity index (χ4v) is 2.17. The van der Waals surface area contributed by atoms with Crippen LogP contribution in [0, 0.1) is 12.8 Å². The molecule has 3 rings (SSSR count). The van der Waals surface area contributed by atoms with Crippen LogP contribution in [0.5, 0.6) is 0 Å². The van der Waals surface area contributed by atoms with Crippen LogP contribution in [0.3, 0.4) is 0 Å². The summed E-state index contributed by atoms with van der Waals surface area (Å²) in [6, 6.07) is 8.43. The molecule has 1 atom stereocenters. The highest BCUT2D eigenvalue weighted by molar-refractivity contribution is 5.78. The summed E-state index contributed by atoms with van der Waals surface area (Å²) in [7, 11) is 0. The van der Waals surface area contributed by atoms with Crippen molar-refractivity contribution >= 4 is 11.0 Å². The summed E-state index contributed by atoms with van der Waals surface area (Å²) in [6.45, 7) is 2.08. The fourth-order valence-electron chi connectivity index (χ4n) is 2.17. The summed E-state index contributed by atoms with van der Waals surface area (Å²) >= 11 is 0. The monoisotopic (exact) mass is 215 g/mol. The van der Waals surface area contributed by atoms with Gasteiger partial charge in [0.2, 0.25) is 0 Å². The van der Waals surface area contributed by atoms with E-state index < -0.39 is 0 Å².